The zero-order chi connectivity index (χ0) is 28.8. The molecule has 0 heterocycles. The largest absolute Gasteiger partial charge is 0.460 e. The fourth-order valence-electron chi connectivity index (χ4n) is 3.37. The van der Waals surface area contributed by atoms with E-state index < -0.39 is 54.0 Å². The van der Waals surface area contributed by atoms with Crippen molar-refractivity contribution in [3.63, 3.8) is 0 Å². The molecule has 216 valence electrons. The number of carbonyl (C=O) groups is 3. The van der Waals surface area contributed by atoms with Gasteiger partial charge in [0.15, 0.2) is 11.6 Å². The number of Topliss-reactive ketones (excluding diaryl/α,β-unsaturated/α-hetero) is 2. The van der Waals surface area contributed by atoms with Crippen molar-refractivity contribution in [3.8, 4) is 0 Å². The average Bonchev–Trinajstić information content (AvgIpc) is 2.89. The SMILES string of the molecule is C=C(C)C(=O)OCCOC(C)(CC)C(=O)CCCCCOC(C)(CC)C(=O)C(O)C(O)C(O)C(O)CO. The Hall–Kier alpha value is -1.73. The summed E-state index contributed by atoms with van der Waals surface area (Å²) in [6.07, 6.45) is -5.01. The van der Waals surface area contributed by atoms with Crippen LogP contribution in [0.15, 0.2) is 12.2 Å². The molecule has 6 unspecified atom stereocenters. The Morgan fingerprint density at radius 1 is 0.838 bits per heavy atom. The molecule has 0 rings (SSSR count). The van der Waals surface area contributed by atoms with Crippen LogP contribution in [0.2, 0.25) is 0 Å². The molecular weight excluding hydrogens is 488 g/mol. The Morgan fingerprint density at radius 2 is 1.41 bits per heavy atom. The van der Waals surface area contributed by atoms with Crippen LogP contribution in [0, 0.1) is 0 Å². The van der Waals surface area contributed by atoms with Crippen LogP contribution in [0.25, 0.3) is 0 Å². The summed E-state index contributed by atoms with van der Waals surface area (Å²) in [6.45, 7) is 11.1. The van der Waals surface area contributed by atoms with E-state index in [0.29, 0.717) is 25.7 Å². The summed E-state index contributed by atoms with van der Waals surface area (Å²) in [5.41, 5.74) is -2.15. The van der Waals surface area contributed by atoms with E-state index in [9.17, 15) is 34.8 Å². The number of aliphatic hydroxyl groups excluding tert-OH is 5. The number of ether oxygens (including phenoxy) is 3. The quantitative estimate of drug-likeness (QED) is 0.0791. The molecule has 5 N–H and O–H groups in total. The summed E-state index contributed by atoms with van der Waals surface area (Å²) >= 11 is 0. The highest BCUT2D eigenvalue weighted by Gasteiger charge is 2.42. The number of hydrogen-bond donors (Lipinski definition) is 5. The predicted octanol–water partition coefficient (Wildman–Crippen LogP) is 0.611. The highest BCUT2D eigenvalue weighted by molar-refractivity contribution is 5.91. The van der Waals surface area contributed by atoms with E-state index in [1.54, 1.807) is 20.8 Å². The molecule has 0 spiro atoms. The molecular formula is C26H46O11. The van der Waals surface area contributed by atoms with Gasteiger partial charge in [-0.3, -0.25) is 9.59 Å². The van der Waals surface area contributed by atoms with Crippen LogP contribution in [0.4, 0.5) is 0 Å². The van der Waals surface area contributed by atoms with E-state index in [2.05, 4.69) is 6.58 Å². The molecule has 0 bridgehead atoms. The topological polar surface area (TPSA) is 180 Å². The van der Waals surface area contributed by atoms with Crippen LogP contribution in [0.3, 0.4) is 0 Å². The molecule has 0 saturated carbocycles. The molecule has 0 radical (unpaired) electrons. The normalized spacial score (nSPS) is 18.1. The molecule has 0 aromatic rings. The average molecular weight is 535 g/mol. The number of unbranched alkanes of at least 4 members (excludes halogenated alkanes) is 2. The minimum absolute atomic E-state index is 0.0213. The van der Waals surface area contributed by atoms with Gasteiger partial charge in [0.1, 0.15) is 42.2 Å². The van der Waals surface area contributed by atoms with Crippen LogP contribution in [-0.4, -0.2) is 105 Å². The number of hydrogen-bond acceptors (Lipinski definition) is 11. The van der Waals surface area contributed by atoms with Gasteiger partial charge < -0.3 is 39.7 Å². The fourth-order valence-corrected chi connectivity index (χ4v) is 3.37. The molecule has 0 amide bonds. The highest BCUT2D eigenvalue weighted by atomic mass is 16.6. The Kier molecular flexibility index (Phi) is 16.2. The van der Waals surface area contributed by atoms with Gasteiger partial charge in [-0.15, -0.1) is 0 Å². The van der Waals surface area contributed by atoms with Crippen molar-refractivity contribution < 1.29 is 54.1 Å². The lowest BCUT2D eigenvalue weighted by molar-refractivity contribution is -0.167. The predicted molar refractivity (Wildman–Crippen MR) is 135 cm³/mol. The van der Waals surface area contributed by atoms with Crippen molar-refractivity contribution >= 4 is 17.5 Å². The summed E-state index contributed by atoms with van der Waals surface area (Å²) in [5.74, 6) is -1.44. The first kappa shape index (κ1) is 35.3. The fraction of sp³-hybridized carbons (Fsp3) is 0.808. The Morgan fingerprint density at radius 3 is 1.92 bits per heavy atom. The second-order valence-electron chi connectivity index (χ2n) is 9.56. The molecule has 0 fully saturated rings. The minimum Gasteiger partial charge on any atom is -0.460 e. The van der Waals surface area contributed by atoms with Crippen molar-refractivity contribution in [3.05, 3.63) is 12.2 Å². The van der Waals surface area contributed by atoms with E-state index in [1.807, 2.05) is 6.92 Å². The standard InChI is InChI=1S/C26H46O11/c1-7-25(5,37-15-14-35-24(34)17(3)4)19(29)12-10-9-11-13-36-26(6,8-2)23(33)22(32)21(31)20(30)18(28)16-27/h18,20-22,27-28,30-32H,3,7-16H2,1-2,4-6H3. The summed E-state index contributed by atoms with van der Waals surface area (Å²) in [6, 6.07) is 0. The maximum Gasteiger partial charge on any atom is 0.333 e. The van der Waals surface area contributed by atoms with E-state index in [4.69, 9.17) is 19.3 Å². The first-order chi connectivity index (χ1) is 17.2. The van der Waals surface area contributed by atoms with Crippen molar-refractivity contribution in [1.29, 1.82) is 0 Å². The zero-order valence-electron chi connectivity index (χ0n) is 22.8. The second-order valence-corrected chi connectivity index (χ2v) is 9.56. The van der Waals surface area contributed by atoms with E-state index in [0.717, 1.165) is 0 Å². The lowest BCUT2D eigenvalue weighted by Crippen LogP contribution is -2.54. The number of aliphatic hydroxyl groups is 5. The number of esters is 1. The molecule has 0 aliphatic carbocycles. The van der Waals surface area contributed by atoms with Crippen molar-refractivity contribution in [2.45, 2.75) is 109 Å². The number of ketones is 2. The molecule has 0 aliphatic rings. The van der Waals surface area contributed by atoms with Gasteiger partial charge in [0.05, 0.1) is 13.2 Å². The van der Waals surface area contributed by atoms with E-state index in [1.165, 1.54) is 6.92 Å². The zero-order valence-corrected chi connectivity index (χ0v) is 22.8. The van der Waals surface area contributed by atoms with E-state index in [-0.39, 0.29) is 44.0 Å². The Balaban J connectivity index is 4.58. The monoisotopic (exact) mass is 534 g/mol. The minimum atomic E-state index is -2.02. The molecule has 37 heavy (non-hydrogen) atoms. The Labute approximate surface area is 219 Å². The highest BCUT2D eigenvalue weighted by Crippen LogP contribution is 2.23. The van der Waals surface area contributed by atoms with E-state index >= 15 is 0 Å². The maximum absolute atomic E-state index is 12.7. The van der Waals surface area contributed by atoms with Crippen molar-refractivity contribution in [2.24, 2.45) is 0 Å². The lowest BCUT2D eigenvalue weighted by Gasteiger charge is -2.32. The van der Waals surface area contributed by atoms with Crippen LogP contribution >= 0.6 is 0 Å². The smallest absolute Gasteiger partial charge is 0.333 e. The maximum atomic E-state index is 12.7. The number of rotatable bonds is 21. The van der Waals surface area contributed by atoms with Crippen LogP contribution < -0.4 is 0 Å². The first-order valence-electron chi connectivity index (χ1n) is 12.7. The van der Waals surface area contributed by atoms with Gasteiger partial charge in [0, 0.05) is 18.6 Å². The first-order valence-corrected chi connectivity index (χ1v) is 12.7. The van der Waals surface area contributed by atoms with Crippen LogP contribution in [0.1, 0.15) is 73.1 Å². The van der Waals surface area contributed by atoms with Gasteiger partial charge in [-0.05, 0) is 46.5 Å². The molecule has 11 heteroatoms. The molecule has 0 aromatic carbocycles. The molecule has 0 saturated heterocycles. The van der Waals surface area contributed by atoms with Gasteiger partial charge in [-0.2, -0.15) is 0 Å². The van der Waals surface area contributed by atoms with Gasteiger partial charge in [-0.25, -0.2) is 4.79 Å². The van der Waals surface area contributed by atoms with Gasteiger partial charge in [0.2, 0.25) is 0 Å². The third-order valence-electron chi connectivity index (χ3n) is 6.54. The third kappa shape index (κ3) is 11.3. The summed E-state index contributed by atoms with van der Waals surface area (Å²) in [5, 5.41) is 48.3. The summed E-state index contributed by atoms with van der Waals surface area (Å²) in [7, 11) is 0. The van der Waals surface area contributed by atoms with Crippen LogP contribution in [0.5, 0.6) is 0 Å². The summed E-state index contributed by atoms with van der Waals surface area (Å²) in [4.78, 5) is 36.8. The summed E-state index contributed by atoms with van der Waals surface area (Å²) < 4.78 is 16.4. The van der Waals surface area contributed by atoms with Gasteiger partial charge >= 0.3 is 5.97 Å². The van der Waals surface area contributed by atoms with Gasteiger partial charge in [-0.1, -0.05) is 26.8 Å². The van der Waals surface area contributed by atoms with Gasteiger partial charge in [0.25, 0.3) is 0 Å². The van der Waals surface area contributed by atoms with Crippen molar-refractivity contribution in [1.82, 2.24) is 0 Å². The number of carbonyl (C=O) groups excluding carboxylic acids is 3. The third-order valence-corrected chi connectivity index (χ3v) is 6.54. The lowest BCUT2D eigenvalue weighted by atomic mass is 9.88. The molecule has 0 aromatic heterocycles. The molecule has 6 atom stereocenters. The molecule has 0 aliphatic heterocycles. The second kappa shape index (κ2) is 17.0. The van der Waals surface area contributed by atoms with Crippen LogP contribution in [-0.2, 0) is 28.6 Å². The molecule has 11 nitrogen and oxygen atoms in total. The van der Waals surface area contributed by atoms with Crippen molar-refractivity contribution in [2.75, 3.05) is 26.4 Å². The Bertz CT molecular complexity index is 740.